The maximum absolute atomic E-state index is 12.1. The number of rotatable bonds is 5. The van der Waals surface area contributed by atoms with Gasteiger partial charge in [0.05, 0.1) is 0 Å². The van der Waals surface area contributed by atoms with E-state index < -0.39 is 12.8 Å². The van der Waals surface area contributed by atoms with Gasteiger partial charge in [0.1, 0.15) is 0 Å². The monoisotopic (exact) mass is 325 g/mol. The van der Waals surface area contributed by atoms with Gasteiger partial charge in [-0.25, -0.2) is 4.98 Å². The van der Waals surface area contributed by atoms with Gasteiger partial charge < -0.3 is 10.1 Å². The largest absolute Gasteiger partial charge is 0.468 e. The highest BCUT2D eigenvalue weighted by atomic mass is 19.4. The average Bonchev–Trinajstić information content (AvgIpc) is 2.52. The topological polar surface area (TPSA) is 64.1 Å². The zero-order valence-corrected chi connectivity index (χ0v) is 12.2. The lowest BCUT2D eigenvalue weighted by atomic mass is 10.2. The average molecular weight is 325 g/mol. The van der Waals surface area contributed by atoms with Crippen LogP contribution >= 0.6 is 0 Å². The second-order valence-electron chi connectivity index (χ2n) is 4.72. The molecule has 2 rings (SSSR count). The number of hydrogen-bond acceptors (Lipinski definition) is 4. The zero-order valence-electron chi connectivity index (χ0n) is 12.2. The van der Waals surface area contributed by atoms with Gasteiger partial charge in [0, 0.05) is 36.3 Å². The summed E-state index contributed by atoms with van der Waals surface area (Å²) in [4.78, 5) is 19.7. The number of pyridine rings is 2. The summed E-state index contributed by atoms with van der Waals surface area (Å²) in [6.07, 6.45) is -1.39. The van der Waals surface area contributed by atoms with Crippen LogP contribution in [0.2, 0.25) is 0 Å². The number of halogens is 3. The molecule has 1 N–H and O–H groups in total. The molecule has 0 atom stereocenters. The molecule has 2 aromatic heterocycles. The minimum Gasteiger partial charge on any atom is -0.468 e. The van der Waals surface area contributed by atoms with Crippen molar-refractivity contribution < 1.29 is 22.7 Å². The quantitative estimate of drug-likeness (QED) is 0.918. The molecule has 5 nitrogen and oxygen atoms in total. The molecule has 0 radical (unpaired) electrons. The first kappa shape index (κ1) is 16.7. The van der Waals surface area contributed by atoms with Crippen LogP contribution in [-0.2, 0) is 6.54 Å². The van der Waals surface area contributed by atoms with Crippen LogP contribution in [0.3, 0.4) is 0 Å². The molecule has 0 aliphatic heterocycles. The van der Waals surface area contributed by atoms with E-state index in [1.54, 1.807) is 25.1 Å². The SMILES string of the molecule is Cc1nc(OCC(F)(F)F)ccc1CNC(=O)c1ccncc1. The Labute approximate surface area is 130 Å². The Morgan fingerprint density at radius 2 is 1.91 bits per heavy atom. The Kier molecular flexibility index (Phi) is 5.15. The second kappa shape index (κ2) is 7.08. The van der Waals surface area contributed by atoms with Crippen molar-refractivity contribution in [3.05, 3.63) is 53.5 Å². The number of hydrogen-bond donors (Lipinski definition) is 1. The van der Waals surface area contributed by atoms with Crippen LogP contribution in [0.5, 0.6) is 5.88 Å². The molecule has 0 saturated heterocycles. The van der Waals surface area contributed by atoms with Crippen molar-refractivity contribution in [2.45, 2.75) is 19.6 Å². The number of nitrogens with one attached hydrogen (secondary N) is 1. The van der Waals surface area contributed by atoms with Crippen molar-refractivity contribution >= 4 is 5.91 Å². The summed E-state index contributed by atoms with van der Waals surface area (Å²) in [6.45, 7) is 0.450. The summed E-state index contributed by atoms with van der Waals surface area (Å²) in [5.74, 6) is -0.381. The van der Waals surface area contributed by atoms with Crippen LogP contribution < -0.4 is 10.1 Å². The van der Waals surface area contributed by atoms with E-state index in [2.05, 4.69) is 20.0 Å². The van der Waals surface area contributed by atoms with Crippen molar-refractivity contribution in [3.8, 4) is 5.88 Å². The van der Waals surface area contributed by atoms with Crippen molar-refractivity contribution in [2.24, 2.45) is 0 Å². The second-order valence-corrected chi connectivity index (χ2v) is 4.72. The van der Waals surface area contributed by atoms with Crippen LogP contribution in [0.15, 0.2) is 36.7 Å². The van der Waals surface area contributed by atoms with Crippen molar-refractivity contribution in [2.75, 3.05) is 6.61 Å². The van der Waals surface area contributed by atoms with E-state index in [-0.39, 0.29) is 18.3 Å². The molecule has 0 spiro atoms. The predicted molar refractivity (Wildman–Crippen MR) is 75.9 cm³/mol. The highest BCUT2D eigenvalue weighted by Crippen LogP contribution is 2.18. The molecule has 2 heterocycles. The number of carbonyl (C=O) groups excluding carboxylic acids is 1. The first-order valence-corrected chi connectivity index (χ1v) is 6.69. The van der Waals surface area contributed by atoms with E-state index in [9.17, 15) is 18.0 Å². The zero-order chi connectivity index (χ0) is 16.9. The van der Waals surface area contributed by atoms with E-state index in [1.807, 2.05) is 0 Å². The Bertz CT molecular complexity index is 675. The molecular weight excluding hydrogens is 311 g/mol. The van der Waals surface area contributed by atoms with Crippen LogP contribution in [0.1, 0.15) is 21.6 Å². The van der Waals surface area contributed by atoms with Crippen molar-refractivity contribution in [1.29, 1.82) is 0 Å². The molecule has 0 aliphatic carbocycles. The molecule has 0 unspecified atom stereocenters. The van der Waals surface area contributed by atoms with Gasteiger partial charge in [-0.1, -0.05) is 6.07 Å². The smallest absolute Gasteiger partial charge is 0.422 e. The fraction of sp³-hybridized carbons (Fsp3) is 0.267. The summed E-state index contributed by atoms with van der Waals surface area (Å²) < 4.78 is 40.8. The Balaban J connectivity index is 1.95. The van der Waals surface area contributed by atoms with E-state index in [0.717, 1.165) is 0 Å². The van der Waals surface area contributed by atoms with Crippen molar-refractivity contribution in [3.63, 3.8) is 0 Å². The highest BCUT2D eigenvalue weighted by Gasteiger charge is 2.28. The number of aryl methyl sites for hydroxylation is 1. The third-order valence-corrected chi connectivity index (χ3v) is 2.94. The molecular formula is C15H14F3N3O2. The highest BCUT2D eigenvalue weighted by molar-refractivity contribution is 5.93. The minimum absolute atomic E-state index is 0.107. The lowest BCUT2D eigenvalue weighted by molar-refractivity contribution is -0.154. The van der Waals surface area contributed by atoms with Gasteiger partial charge in [-0.15, -0.1) is 0 Å². The first-order chi connectivity index (χ1) is 10.8. The molecule has 2 aromatic rings. The standard InChI is InChI=1S/C15H14F3N3O2/c1-10-12(2-3-13(21-10)23-9-15(16,17)18)8-20-14(22)11-4-6-19-7-5-11/h2-7H,8-9H2,1H3,(H,20,22). The van der Waals surface area contributed by atoms with Crippen LogP contribution in [-0.4, -0.2) is 28.7 Å². The van der Waals surface area contributed by atoms with Gasteiger partial charge in [-0.05, 0) is 24.6 Å². The fourth-order valence-electron chi connectivity index (χ4n) is 1.77. The minimum atomic E-state index is -4.41. The summed E-state index contributed by atoms with van der Waals surface area (Å²) >= 11 is 0. The van der Waals surface area contributed by atoms with Gasteiger partial charge in [0.2, 0.25) is 5.88 Å². The molecule has 23 heavy (non-hydrogen) atoms. The van der Waals surface area contributed by atoms with E-state index in [1.165, 1.54) is 18.5 Å². The number of alkyl halides is 3. The lowest BCUT2D eigenvalue weighted by Gasteiger charge is -2.11. The molecule has 122 valence electrons. The van der Waals surface area contributed by atoms with E-state index in [0.29, 0.717) is 16.8 Å². The van der Waals surface area contributed by atoms with Gasteiger partial charge in [-0.3, -0.25) is 9.78 Å². The normalized spacial score (nSPS) is 11.1. The third-order valence-electron chi connectivity index (χ3n) is 2.94. The van der Waals surface area contributed by atoms with E-state index in [4.69, 9.17) is 0 Å². The third kappa shape index (κ3) is 5.24. The fourth-order valence-corrected chi connectivity index (χ4v) is 1.77. The molecule has 0 aromatic carbocycles. The number of nitrogens with zero attached hydrogens (tertiary/aromatic N) is 2. The lowest BCUT2D eigenvalue weighted by Crippen LogP contribution is -2.23. The maximum Gasteiger partial charge on any atom is 0.422 e. The molecule has 0 aliphatic rings. The molecule has 0 bridgehead atoms. The summed E-state index contributed by atoms with van der Waals surface area (Å²) in [5, 5.41) is 2.70. The van der Waals surface area contributed by atoms with Gasteiger partial charge in [0.25, 0.3) is 5.91 Å². The summed E-state index contributed by atoms with van der Waals surface area (Å²) in [7, 11) is 0. The maximum atomic E-state index is 12.1. The number of carbonyl (C=O) groups is 1. The summed E-state index contributed by atoms with van der Waals surface area (Å²) in [6, 6.07) is 6.07. The summed E-state index contributed by atoms with van der Waals surface area (Å²) in [5.41, 5.74) is 1.64. The van der Waals surface area contributed by atoms with E-state index >= 15 is 0 Å². The molecule has 1 amide bonds. The van der Waals surface area contributed by atoms with Gasteiger partial charge >= 0.3 is 6.18 Å². The first-order valence-electron chi connectivity index (χ1n) is 6.69. The number of amides is 1. The molecule has 0 saturated carbocycles. The number of aromatic nitrogens is 2. The number of ether oxygens (including phenoxy) is 1. The molecule has 8 heteroatoms. The van der Waals surface area contributed by atoms with Crippen molar-refractivity contribution in [1.82, 2.24) is 15.3 Å². The Hall–Kier alpha value is -2.64. The van der Waals surface area contributed by atoms with Crippen LogP contribution in [0.4, 0.5) is 13.2 Å². The van der Waals surface area contributed by atoms with Gasteiger partial charge in [-0.2, -0.15) is 13.2 Å². The van der Waals surface area contributed by atoms with Crippen LogP contribution in [0, 0.1) is 6.92 Å². The molecule has 0 fully saturated rings. The van der Waals surface area contributed by atoms with Gasteiger partial charge in [0.15, 0.2) is 6.61 Å². The van der Waals surface area contributed by atoms with Crippen LogP contribution in [0.25, 0.3) is 0 Å². The Morgan fingerprint density at radius 3 is 2.52 bits per heavy atom. The predicted octanol–water partition coefficient (Wildman–Crippen LogP) is 2.66. The Morgan fingerprint density at radius 1 is 1.22 bits per heavy atom.